The zero-order chi connectivity index (χ0) is 17.9. The minimum Gasteiger partial charge on any atom is -0.306 e. The molecule has 0 fully saturated rings. The first kappa shape index (κ1) is 16.1. The molecule has 0 spiro atoms. The average molecular weight is 341 g/mol. The van der Waals surface area contributed by atoms with Gasteiger partial charge in [0.1, 0.15) is 17.2 Å². The molecular formula is C22H19N3O. The molecule has 4 heteroatoms. The SMILES string of the molecule is CCc1ccc(C(=O)Nc2c(-c3ccccc3)nc3ccccn23)cc1. The summed E-state index contributed by atoms with van der Waals surface area (Å²) >= 11 is 0. The van der Waals surface area contributed by atoms with Crippen molar-refractivity contribution in [1.82, 2.24) is 9.38 Å². The second kappa shape index (κ2) is 6.84. The van der Waals surface area contributed by atoms with Gasteiger partial charge < -0.3 is 5.32 Å². The molecule has 2 aromatic heterocycles. The molecule has 0 atom stereocenters. The Balaban J connectivity index is 1.76. The average Bonchev–Trinajstić information content (AvgIpc) is 3.07. The number of carbonyl (C=O) groups is 1. The summed E-state index contributed by atoms with van der Waals surface area (Å²) in [4.78, 5) is 17.5. The molecule has 128 valence electrons. The summed E-state index contributed by atoms with van der Waals surface area (Å²) < 4.78 is 1.90. The molecule has 0 aliphatic carbocycles. The van der Waals surface area contributed by atoms with E-state index in [1.807, 2.05) is 83.4 Å². The molecule has 1 amide bonds. The van der Waals surface area contributed by atoms with Gasteiger partial charge in [-0.2, -0.15) is 0 Å². The van der Waals surface area contributed by atoms with Gasteiger partial charge in [-0.3, -0.25) is 9.20 Å². The molecule has 1 N–H and O–H groups in total. The Morgan fingerprint density at radius 2 is 1.69 bits per heavy atom. The van der Waals surface area contributed by atoms with Gasteiger partial charge in [0.15, 0.2) is 0 Å². The summed E-state index contributed by atoms with van der Waals surface area (Å²) in [7, 11) is 0. The van der Waals surface area contributed by atoms with Gasteiger partial charge in [0.25, 0.3) is 5.91 Å². The normalized spacial score (nSPS) is 10.8. The van der Waals surface area contributed by atoms with E-state index in [0.717, 1.165) is 23.3 Å². The fourth-order valence-corrected chi connectivity index (χ4v) is 2.98. The summed E-state index contributed by atoms with van der Waals surface area (Å²) in [5.41, 5.74) is 4.36. The molecule has 26 heavy (non-hydrogen) atoms. The summed E-state index contributed by atoms with van der Waals surface area (Å²) in [6.45, 7) is 2.10. The Hall–Kier alpha value is -3.40. The van der Waals surface area contributed by atoms with Crippen LogP contribution in [0.3, 0.4) is 0 Å². The minimum atomic E-state index is -0.143. The molecular weight excluding hydrogens is 322 g/mol. The molecule has 0 aliphatic rings. The van der Waals surface area contributed by atoms with E-state index < -0.39 is 0 Å². The van der Waals surface area contributed by atoms with E-state index in [-0.39, 0.29) is 5.91 Å². The van der Waals surface area contributed by atoms with Crippen LogP contribution in [-0.4, -0.2) is 15.3 Å². The first-order valence-electron chi connectivity index (χ1n) is 8.69. The number of nitrogens with one attached hydrogen (secondary N) is 1. The maximum Gasteiger partial charge on any atom is 0.256 e. The number of aryl methyl sites for hydroxylation is 1. The Bertz CT molecular complexity index is 1050. The van der Waals surface area contributed by atoms with Crippen LogP contribution >= 0.6 is 0 Å². The first-order chi connectivity index (χ1) is 12.8. The van der Waals surface area contributed by atoms with Gasteiger partial charge in [-0.05, 0) is 36.2 Å². The van der Waals surface area contributed by atoms with Crippen LogP contribution in [0.25, 0.3) is 16.9 Å². The lowest BCUT2D eigenvalue weighted by molar-refractivity contribution is 0.102. The Morgan fingerprint density at radius 1 is 0.962 bits per heavy atom. The third-order valence-electron chi connectivity index (χ3n) is 4.43. The number of hydrogen-bond donors (Lipinski definition) is 1. The van der Waals surface area contributed by atoms with Gasteiger partial charge in [-0.25, -0.2) is 4.98 Å². The third-order valence-corrected chi connectivity index (χ3v) is 4.43. The van der Waals surface area contributed by atoms with Crippen molar-refractivity contribution in [3.8, 4) is 11.3 Å². The van der Waals surface area contributed by atoms with E-state index in [0.29, 0.717) is 11.4 Å². The van der Waals surface area contributed by atoms with Crippen LogP contribution in [0.2, 0.25) is 0 Å². The van der Waals surface area contributed by atoms with Crippen molar-refractivity contribution in [1.29, 1.82) is 0 Å². The molecule has 0 radical (unpaired) electrons. The number of aromatic nitrogens is 2. The molecule has 0 aliphatic heterocycles. The lowest BCUT2D eigenvalue weighted by atomic mass is 10.1. The number of carbonyl (C=O) groups excluding carboxylic acids is 1. The fraction of sp³-hybridized carbons (Fsp3) is 0.0909. The fourth-order valence-electron chi connectivity index (χ4n) is 2.98. The Kier molecular flexibility index (Phi) is 4.23. The van der Waals surface area contributed by atoms with Gasteiger partial charge in [-0.1, -0.05) is 55.5 Å². The van der Waals surface area contributed by atoms with E-state index in [9.17, 15) is 4.79 Å². The van der Waals surface area contributed by atoms with Crippen LogP contribution < -0.4 is 5.32 Å². The Labute approximate surface area is 152 Å². The van der Waals surface area contributed by atoms with Crippen molar-refractivity contribution in [2.45, 2.75) is 13.3 Å². The van der Waals surface area contributed by atoms with Gasteiger partial charge in [0, 0.05) is 17.3 Å². The van der Waals surface area contributed by atoms with Crippen LogP contribution in [0.1, 0.15) is 22.8 Å². The van der Waals surface area contributed by atoms with Crippen LogP contribution in [-0.2, 0) is 6.42 Å². The zero-order valence-corrected chi connectivity index (χ0v) is 14.5. The van der Waals surface area contributed by atoms with Crippen LogP contribution in [0.5, 0.6) is 0 Å². The number of benzene rings is 2. The molecule has 0 unspecified atom stereocenters. The number of anilines is 1. The van der Waals surface area contributed by atoms with E-state index >= 15 is 0 Å². The predicted molar refractivity (Wildman–Crippen MR) is 104 cm³/mol. The molecule has 0 bridgehead atoms. The number of imidazole rings is 1. The summed E-state index contributed by atoms with van der Waals surface area (Å²) in [6.07, 6.45) is 2.86. The molecule has 4 rings (SSSR count). The highest BCUT2D eigenvalue weighted by molar-refractivity contribution is 6.05. The standard InChI is InChI=1S/C22H19N3O/c1-2-16-11-13-18(14-12-16)22(26)24-21-20(17-8-4-3-5-9-17)23-19-10-6-7-15-25(19)21/h3-15H,2H2,1H3,(H,24,26). The highest BCUT2D eigenvalue weighted by Gasteiger charge is 2.16. The van der Waals surface area contributed by atoms with Crippen LogP contribution in [0.15, 0.2) is 79.0 Å². The molecule has 2 heterocycles. The number of rotatable bonds is 4. The number of fused-ring (bicyclic) bond motifs is 1. The lowest BCUT2D eigenvalue weighted by Gasteiger charge is -2.08. The number of hydrogen-bond acceptors (Lipinski definition) is 2. The van der Waals surface area contributed by atoms with Crippen molar-refractivity contribution in [3.63, 3.8) is 0 Å². The maximum atomic E-state index is 12.8. The van der Waals surface area contributed by atoms with Crippen molar-refractivity contribution < 1.29 is 4.79 Å². The predicted octanol–water partition coefficient (Wildman–Crippen LogP) is 4.82. The highest BCUT2D eigenvalue weighted by atomic mass is 16.1. The second-order valence-electron chi connectivity index (χ2n) is 6.11. The van der Waals surface area contributed by atoms with E-state index in [4.69, 9.17) is 4.98 Å². The number of amides is 1. The van der Waals surface area contributed by atoms with Gasteiger partial charge in [-0.15, -0.1) is 0 Å². The number of nitrogens with zero attached hydrogens (tertiary/aromatic N) is 2. The monoisotopic (exact) mass is 341 g/mol. The minimum absolute atomic E-state index is 0.143. The molecule has 0 saturated heterocycles. The quantitative estimate of drug-likeness (QED) is 0.579. The van der Waals surface area contributed by atoms with Crippen molar-refractivity contribution >= 4 is 17.4 Å². The largest absolute Gasteiger partial charge is 0.306 e. The van der Waals surface area contributed by atoms with Crippen molar-refractivity contribution in [2.24, 2.45) is 0 Å². The van der Waals surface area contributed by atoms with E-state index in [1.165, 1.54) is 5.56 Å². The maximum absolute atomic E-state index is 12.8. The van der Waals surface area contributed by atoms with Crippen molar-refractivity contribution in [3.05, 3.63) is 90.1 Å². The highest BCUT2D eigenvalue weighted by Crippen LogP contribution is 2.29. The summed E-state index contributed by atoms with van der Waals surface area (Å²) in [5, 5.41) is 3.05. The van der Waals surface area contributed by atoms with E-state index in [2.05, 4.69) is 12.2 Å². The van der Waals surface area contributed by atoms with E-state index in [1.54, 1.807) is 0 Å². The van der Waals surface area contributed by atoms with Crippen LogP contribution in [0, 0.1) is 0 Å². The van der Waals surface area contributed by atoms with Gasteiger partial charge in [0.05, 0.1) is 0 Å². The molecule has 2 aromatic carbocycles. The van der Waals surface area contributed by atoms with Crippen molar-refractivity contribution in [2.75, 3.05) is 5.32 Å². The summed E-state index contributed by atoms with van der Waals surface area (Å²) in [5.74, 6) is 0.534. The molecule has 4 nitrogen and oxygen atoms in total. The molecule has 4 aromatic rings. The van der Waals surface area contributed by atoms with Gasteiger partial charge in [0.2, 0.25) is 0 Å². The first-order valence-corrected chi connectivity index (χ1v) is 8.69. The second-order valence-corrected chi connectivity index (χ2v) is 6.11. The number of pyridine rings is 1. The third kappa shape index (κ3) is 2.97. The smallest absolute Gasteiger partial charge is 0.256 e. The Morgan fingerprint density at radius 3 is 2.42 bits per heavy atom. The van der Waals surface area contributed by atoms with Gasteiger partial charge >= 0.3 is 0 Å². The topological polar surface area (TPSA) is 46.4 Å². The zero-order valence-electron chi connectivity index (χ0n) is 14.5. The van der Waals surface area contributed by atoms with Crippen LogP contribution in [0.4, 0.5) is 5.82 Å². The molecule has 0 saturated carbocycles. The lowest BCUT2D eigenvalue weighted by Crippen LogP contribution is -2.14. The summed E-state index contributed by atoms with van der Waals surface area (Å²) in [6, 6.07) is 23.4.